The fourth-order valence-corrected chi connectivity index (χ4v) is 0.201. The smallest absolute Gasteiger partial charge is 0.217 e. The van der Waals surface area contributed by atoms with Crippen molar-refractivity contribution >= 4 is 5.91 Å². The molecule has 2 heteroatoms. The van der Waals surface area contributed by atoms with Gasteiger partial charge in [0, 0.05) is 7.77 Å². The third-order valence-corrected chi connectivity index (χ3v) is 0.405. The van der Waals surface area contributed by atoms with Gasteiger partial charge in [0.05, 0.1) is 0 Å². The van der Waals surface area contributed by atoms with Gasteiger partial charge in [-0.2, -0.15) is 0 Å². The van der Waals surface area contributed by atoms with Crippen LogP contribution in [0.4, 0.5) is 0 Å². The van der Waals surface area contributed by atoms with E-state index in [0.29, 0.717) is 6.42 Å². The van der Waals surface area contributed by atoms with Crippen LogP contribution in [0.5, 0.6) is 0 Å². The number of hydrogen-bond donors (Lipinski definition) is 1. The summed E-state index contributed by atoms with van der Waals surface area (Å²) in [4.78, 5) is 9.97. The average molecular weight is 88.1 g/mol. The van der Waals surface area contributed by atoms with E-state index < -0.39 is 12.3 Å². The topological polar surface area (TPSA) is 43.1 Å². The molecule has 0 radical (unpaired) electrons. The van der Waals surface area contributed by atoms with E-state index in [9.17, 15) is 4.79 Å². The second kappa shape index (κ2) is 2.69. The van der Waals surface area contributed by atoms with Crippen molar-refractivity contribution in [2.75, 3.05) is 0 Å². The van der Waals surface area contributed by atoms with Gasteiger partial charge in [0.1, 0.15) is 0 Å². The maximum atomic E-state index is 9.97. The number of carbonyl (C=O) groups excluding carboxylic acids is 1. The third kappa shape index (κ3) is 3.47. The second-order valence-electron chi connectivity index (χ2n) is 1.01. The van der Waals surface area contributed by atoms with Gasteiger partial charge in [-0.05, 0) is 6.42 Å². The molecule has 0 saturated carbocycles. The molecular weight excluding hydrogens is 78.0 g/mol. The van der Waals surface area contributed by atoms with Gasteiger partial charge >= 0.3 is 0 Å². The van der Waals surface area contributed by atoms with Crippen molar-refractivity contribution in [3.8, 4) is 0 Å². The third-order valence-electron chi connectivity index (χ3n) is 0.405. The van der Waals surface area contributed by atoms with Crippen LogP contribution in [0.1, 0.15) is 21.1 Å². The van der Waals surface area contributed by atoms with Gasteiger partial charge in [0.15, 0.2) is 0 Å². The zero-order valence-corrected chi connectivity index (χ0v) is 3.77. The van der Waals surface area contributed by atoms with Crippen LogP contribution in [-0.2, 0) is 4.79 Å². The minimum absolute atomic E-state index is 0.509. The summed E-state index contributed by atoms with van der Waals surface area (Å²) < 4.78 is 6.80. The molecule has 0 heterocycles. The van der Waals surface area contributed by atoms with E-state index >= 15 is 0 Å². The largest absolute Gasteiger partial charge is 0.370 e. The zero-order chi connectivity index (χ0) is 5.86. The summed E-state index contributed by atoms with van der Waals surface area (Å²) in [6.07, 6.45) is -0.199. The molecule has 2 N–H and O–H groups in total. The molecule has 0 aliphatic rings. The van der Waals surface area contributed by atoms with Crippen LogP contribution in [0.3, 0.4) is 0 Å². The minimum Gasteiger partial charge on any atom is -0.370 e. The highest BCUT2D eigenvalue weighted by atomic mass is 16.1. The van der Waals surface area contributed by atoms with Crippen LogP contribution in [-0.4, -0.2) is 5.91 Å². The minimum atomic E-state index is -0.708. The Hall–Kier alpha value is -0.530. The summed E-state index contributed by atoms with van der Waals surface area (Å²) in [5.41, 5.74) is 4.72. The Labute approximate surface area is 38.7 Å². The maximum Gasteiger partial charge on any atom is 0.217 e. The summed E-state index contributed by atoms with van der Waals surface area (Å²) in [6.45, 7) is 1.75. The first-order valence-electron chi connectivity index (χ1n) is 2.47. The highest BCUT2D eigenvalue weighted by Crippen LogP contribution is 1.79. The highest BCUT2D eigenvalue weighted by Gasteiger charge is 1.84. The highest BCUT2D eigenvalue weighted by molar-refractivity contribution is 5.73. The van der Waals surface area contributed by atoms with Gasteiger partial charge in [-0.1, -0.05) is 6.92 Å². The first-order chi connectivity index (χ1) is 3.18. The summed E-state index contributed by atoms with van der Waals surface area (Å²) in [5, 5.41) is 0. The molecule has 0 saturated heterocycles. The van der Waals surface area contributed by atoms with E-state index in [-0.39, 0.29) is 0 Å². The predicted octanol–water partition coefficient (Wildman–Crippen LogP) is 0.272. The summed E-state index contributed by atoms with van der Waals surface area (Å²) in [5.74, 6) is -0.539. The Morgan fingerprint density at radius 1 is 2.17 bits per heavy atom. The molecule has 1 atom stereocenters. The quantitative estimate of drug-likeness (QED) is 0.517. The van der Waals surface area contributed by atoms with E-state index in [1.807, 2.05) is 0 Å². The van der Waals surface area contributed by atoms with Crippen molar-refractivity contribution < 1.29 is 6.17 Å². The van der Waals surface area contributed by atoms with Crippen molar-refractivity contribution in [2.45, 2.75) is 19.7 Å². The number of primary amides is 1. The van der Waals surface area contributed by atoms with E-state index in [0.717, 1.165) is 0 Å². The molecule has 0 bridgehead atoms. The Bertz CT molecular complexity index is 74.1. The Kier molecular flexibility index (Phi) is 1.64. The molecule has 0 aliphatic heterocycles. The molecule has 0 aromatic carbocycles. The first kappa shape index (κ1) is 3.65. The Balaban J connectivity index is 3.34. The number of hydrogen-bond acceptors (Lipinski definition) is 1. The van der Waals surface area contributed by atoms with Crippen LogP contribution >= 0.6 is 0 Å². The van der Waals surface area contributed by atoms with Gasteiger partial charge < -0.3 is 5.73 Å². The number of amides is 1. The molecule has 0 aromatic rings. The van der Waals surface area contributed by atoms with Crippen LogP contribution in [0.25, 0.3) is 0 Å². The molecule has 1 amide bonds. The van der Waals surface area contributed by atoms with Crippen molar-refractivity contribution in [1.29, 1.82) is 0 Å². The molecule has 2 nitrogen and oxygen atoms in total. The molecule has 1 unspecified atom stereocenters. The summed E-state index contributed by atoms with van der Waals surface area (Å²) in [6, 6.07) is 0. The lowest BCUT2D eigenvalue weighted by Crippen LogP contribution is -2.08. The molecule has 0 fully saturated rings. The standard InChI is InChI=1S/C4H9NO/c1-2-3-4(5)6/h2-3H2,1H3,(H2,5,6)/i3D. The van der Waals surface area contributed by atoms with Gasteiger partial charge in [-0.3, -0.25) is 4.79 Å². The van der Waals surface area contributed by atoms with E-state index in [1.165, 1.54) is 0 Å². The fourth-order valence-electron chi connectivity index (χ4n) is 0.201. The molecule has 6 heavy (non-hydrogen) atoms. The number of rotatable bonds is 2. The normalized spacial score (nSPS) is 15.8. The second-order valence-corrected chi connectivity index (χ2v) is 1.01. The summed E-state index contributed by atoms with van der Waals surface area (Å²) >= 11 is 0. The predicted molar refractivity (Wildman–Crippen MR) is 24.1 cm³/mol. The van der Waals surface area contributed by atoms with Gasteiger partial charge in [0.25, 0.3) is 0 Å². The van der Waals surface area contributed by atoms with E-state index in [2.05, 4.69) is 0 Å². The van der Waals surface area contributed by atoms with Gasteiger partial charge in [0.2, 0.25) is 5.91 Å². The first-order valence-corrected chi connectivity index (χ1v) is 1.90. The average Bonchev–Trinajstić information content (AvgIpc) is 1.65. The van der Waals surface area contributed by atoms with Gasteiger partial charge in [-0.25, -0.2) is 0 Å². The lowest BCUT2D eigenvalue weighted by molar-refractivity contribution is -0.118. The zero-order valence-electron chi connectivity index (χ0n) is 4.77. The van der Waals surface area contributed by atoms with E-state index in [4.69, 9.17) is 7.10 Å². The number of nitrogens with two attached hydrogens (primary N) is 1. The molecule has 0 spiro atoms. The number of carbonyl (C=O) groups is 1. The van der Waals surface area contributed by atoms with E-state index in [1.54, 1.807) is 6.92 Å². The van der Waals surface area contributed by atoms with Crippen molar-refractivity contribution in [2.24, 2.45) is 5.73 Å². The monoisotopic (exact) mass is 88.1 g/mol. The van der Waals surface area contributed by atoms with Crippen molar-refractivity contribution in [3.05, 3.63) is 0 Å². The molecule has 36 valence electrons. The maximum absolute atomic E-state index is 9.97. The SMILES string of the molecule is [2H]C(CC)C(N)=O. The lowest BCUT2D eigenvalue weighted by atomic mass is 10.3. The van der Waals surface area contributed by atoms with Crippen molar-refractivity contribution in [3.63, 3.8) is 0 Å². The summed E-state index contributed by atoms with van der Waals surface area (Å²) in [7, 11) is 0. The van der Waals surface area contributed by atoms with Crippen LogP contribution in [0, 0.1) is 0 Å². The fraction of sp³-hybridized carbons (Fsp3) is 0.750. The van der Waals surface area contributed by atoms with Gasteiger partial charge in [-0.15, -0.1) is 0 Å². The van der Waals surface area contributed by atoms with Crippen molar-refractivity contribution in [1.82, 2.24) is 0 Å². The lowest BCUT2D eigenvalue weighted by Gasteiger charge is -1.81. The van der Waals surface area contributed by atoms with Crippen LogP contribution < -0.4 is 5.73 Å². The Morgan fingerprint density at radius 3 is 2.67 bits per heavy atom. The van der Waals surface area contributed by atoms with Crippen LogP contribution in [0.2, 0.25) is 0 Å². The Morgan fingerprint density at radius 2 is 2.67 bits per heavy atom. The molecule has 0 rings (SSSR count). The van der Waals surface area contributed by atoms with Crippen LogP contribution in [0.15, 0.2) is 0 Å². The molecular formula is C4H9NO. The molecule has 0 aliphatic carbocycles. The molecule has 0 aromatic heterocycles.